The van der Waals surface area contributed by atoms with E-state index in [-0.39, 0.29) is 5.54 Å². The molecule has 1 aromatic carbocycles. The van der Waals surface area contributed by atoms with Gasteiger partial charge in [-0.25, -0.2) is 0 Å². The van der Waals surface area contributed by atoms with Crippen molar-refractivity contribution in [3.63, 3.8) is 0 Å². The standard InChI is InChI=1S/C17H23N3/c1-4-14-11-19-17(2,3)12-20(14)15-7-8-16-13(10-15)6-5-9-18-16/h5-10,14,19H,4,11-12H2,1-3H3. The highest BCUT2D eigenvalue weighted by atomic mass is 15.3. The van der Waals surface area contributed by atoms with E-state index in [9.17, 15) is 0 Å². The zero-order valence-corrected chi connectivity index (χ0v) is 12.6. The summed E-state index contributed by atoms with van der Waals surface area (Å²) < 4.78 is 0. The van der Waals surface area contributed by atoms with Gasteiger partial charge in [-0.15, -0.1) is 0 Å². The van der Waals surface area contributed by atoms with Crippen LogP contribution in [0.4, 0.5) is 5.69 Å². The van der Waals surface area contributed by atoms with Gasteiger partial charge in [0.2, 0.25) is 0 Å². The Labute approximate surface area is 121 Å². The Hall–Kier alpha value is -1.61. The van der Waals surface area contributed by atoms with Gasteiger partial charge >= 0.3 is 0 Å². The second kappa shape index (κ2) is 5.06. The van der Waals surface area contributed by atoms with Gasteiger partial charge in [0.15, 0.2) is 0 Å². The van der Waals surface area contributed by atoms with Gasteiger partial charge in [0.05, 0.1) is 5.52 Å². The Bertz CT molecular complexity index is 606. The molecule has 1 unspecified atom stereocenters. The van der Waals surface area contributed by atoms with Crippen LogP contribution in [0, 0.1) is 0 Å². The van der Waals surface area contributed by atoms with Crippen molar-refractivity contribution < 1.29 is 0 Å². The lowest BCUT2D eigenvalue weighted by Gasteiger charge is -2.45. The summed E-state index contributed by atoms with van der Waals surface area (Å²) in [6.45, 7) is 8.90. The lowest BCUT2D eigenvalue weighted by Crippen LogP contribution is -2.61. The van der Waals surface area contributed by atoms with Crippen LogP contribution in [0.3, 0.4) is 0 Å². The number of aromatic nitrogens is 1. The molecule has 0 bridgehead atoms. The van der Waals surface area contributed by atoms with Crippen LogP contribution in [-0.2, 0) is 0 Å². The Morgan fingerprint density at radius 3 is 3.00 bits per heavy atom. The minimum atomic E-state index is 0.162. The van der Waals surface area contributed by atoms with E-state index in [1.54, 1.807) is 0 Å². The molecule has 1 saturated heterocycles. The van der Waals surface area contributed by atoms with Crippen LogP contribution in [0.1, 0.15) is 27.2 Å². The van der Waals surface area contributed by atoms with Crippen molar-refractivity contribution in [3.8, 4) is 0 Å². The fraction of sp³-hybridized carbons (Fsp3) is 0.471. The third-order valence-corrected chi connectivity index (χ3v) is 4.21. The predicted molar refractivity (Wildman–Crippen MR) is 85.2 cm³/mol. The molecular weight excluding hydrogens is 246 g/mol. The first-order valence-electron chi connectivity index (χ1n) is 7.45. The van der Waals surface area contributed by atoms with Crippen molar-refractivity contribution in [3.05, 3.63) is 36.5 Å². The topological polar surface area (TPSA) is 28.2 Å². The Kier molecular flexibility index (Phi) is 3.38. The molecule has 0 aliphatic carbocycles. The summed E-state index contributed by atoms with van der Waals surface area (Å²) in [7, 11) is 0. The lowest BCUT2D eigenvalue weighted by molar-refractivity contribution is 0.306. The van der Waals surface area contributed by atoms with E-state index in [2.05, 4.69) is 60.2 Å². The van der Waals surface area contributed by atoms with E-state index in [4.69, 9.17) is 0 Å². The Morgan fingerprint density at radius 1 is 1.35 bits per heavy atom. The van der Waals surface area contributed by atoms with Crippen LogP contribution in [-0.4, -0.2) is 29.7 Å². The summed E-state index contributed by atoms with van der Waals surface area (Å²) in [5.41, 5.74) is 2.54. The molecule has 1 fully saturated rings. The van der Waals surface area contributed by atoms with Gasteiger partial charge in [-0.3, -0.25) is 4.98 Å². The summed E-state index contributed by atoms with van der Waals surface area (Å²) in [4.78, 5) is 6.95. The highest BCUT2D eigenvalue weighted by molar-refractivity contribution is 5.82. The highest BCUT2D eigenvalue weighted by Crippen LogP contribution is 2.27. The Balaban J connectivity index is 1.98. The summed E-state index contributed by atoms with van der Waals surface area (Å²) >= 11 is 0. The minimum Gasteiger partial charge on any atom is -0.365 e. The number of fused-ring (bicyclic) bond motifs is 1. The number of nitrogens with one attached hydrogen (secondary N) is 1. The fourth-order valence-electron chi connectivity index (χ4n) is 3.02. The Morgan fingerprint density at radius 2 is 2.20 bits per heavy atom. The molecule has 0 saturated carbocycles. The van der Waals surface area contributed by atoms with Crippen LogP contribution < -0.4 is 10.2 Å². The molecule has 2 heterocycles. The van der Waals surface area contributed by atoms with E-state index in [1.807, 2.05) is 12.3 Å². The molecule has 1 aliphatic heterocycles. The zero-order valence-electron chi connectivity index (χ0n) is 12.6. The number of hydrogen-bond acceptors (Lipinski definition) is 3. The molecule has 1 N–H and O–H groups in total. The van der Waals surface area contributed by atoms with Crippen molar-refractivity contribution in [2.75, 3.05) is 18.0 Å². The molecule has 0 spiro atoms. The van der Waals surface area contributed by atoms with Gasteiger partial charge in [0, 0.05) is 41.9 Å². The summed E-state index contributed by atoms with van der Waals surface area (Å²) in [6.07, 6.45) is 3.01. The molecule has 0 radical (unpaired) electrons. The number of nitrogens with zero attached hydrogens (tertiary/aromatic N) is 2. The number of rotatable bonds is 2. The molecule has 1 atom stereocenters. The quantitative estimate of drug-likeness (QED) is 0.907. The SMILES string of the molecule is CCC1CNC(C)(C)CN1c1ccc2ncccc2c1. The lowest BCUT2D eigenvalue weighted by atomic mass is 9.96. The smallest absolute Gasteiger partial charge is 0.0703 e. The number of piperazine rings is 1. The average molecular weight is 269 g/mol. The maximum absolute atomic E-state index is 4.40. The number of hydrogen-bond donors (Lipinski definition) is 1. The number of anilines is 1. The first kappa shape index (κ1) is 13.4. The van der Waals surface area contributed by atoms with Gasteiger partial charge in [-0.2, -0.15) is 0 Å². The van der Waals surface area contributed by atoms with Crippen LogP contribution in [0.2, 0.25) is 0 Å². The van der Waals surface area contributed by atoms with E-state index in [0.29, 0.717) is 6.04 Å². The van der Waals surface area contributed by atoms with Crippen molar-refractivity contribution in [1.82, 2.24) is 10.3 Å². The first-order chi connectivity index (χ1) is 9.59. The number of pyridine rings is 1. The van der Waals surface area contributed by atoms with Crippen molar-refractivity contribution in [1.29, 1.82) is 0 Å². The van der Waals surface area contributed by atoms with Crippen molar-refractivity contribution in [2.45, 2.75) is 38.8 Å². The van der Waals surface area contributed by atoms with Gasteiger partial charge in [-0.05, 0) is 44.5 Å². The van der Waals surface area contributed by atoms with Gasteiger partial charge in [-0.1, -0.05) is 13.0 Å². The maximum atomic E-state index is 4.40. The van der Waals surface area contributed by atoms with Crippen LogP contribution >= 0.6 is 0 Å². The second-order valence-corrected chi connectivity index (χ2v) is 6.34. The first-order valence-corrected chi connectivity index (χ1v) is 7.45. The second-order valence-electron chi connectivity index (χ2n) is 6.34. The number of benzene rings is 1. The summed E-state index contributed by atoms with van der Waals surface area (Å²) in [6, 6.07) is 11.3. The van der Waals surface area contributed by atoms with Gasteiger partial charge in [0.25, 0.3) is 0 Å². The van der Waals surface area contributed by atoms with Crippen LogP contribution in [0.15, 0.2) is 36.5 Å². The van der Waals surface area contributed by atoms with Crippen molar-refractivity contribution >= 4 is 16.6 Å². The molecule has 1 aliphatic rings. The van der Waals surface area contributed by atoms with E-state index in [1.165, 1.54) is 11.1 Å². The normalized spacial score (nSPS) is 22.1. The molecule has 3 nitrogen and oxygen atoms in total. The molecule has 3 heteroatoms. The fourth-order valence-corrected chi connectivity index (χ4v) is 3.02. The molecule has 0 amide bonds. The van der Waals surface area contributed by atoms with Crippen molar-refractivity contribution in [2.24, 2.45) is 0 Å². The summed E-state index contributed by atoms with van der Waals surface area (Å²) in [5.74, 6) is 0. The zero-order chi connectivity index (χ0) is 14.2. The average Bonchev–Trinajstić information content (AvgIpc) is 2.46. The van der Waals surface area contributed by atoms with Gasteiger partial charge < -0.3 is 10.2 Å². The third kappa shape index (κ3) is 2.50. The minimum absolute atomic E-state index is 0.162. The largest absolute Gasteiger partial charge is 0.365 e. The van der Waals surface area contributed by atoms with E-state index < -0.39 is 0 Å². The van der Waals surface area contributed by atoms with Crippen LogP contribution in [0.25, 0.3) is 10.9 Å². The van der Waals surface area contributed by atoms with Crippen LogP contribution in [0.5, 0.6) is 0 Å². The van der Waals surface area contributed by atoms with Gasteiger partial charge in [0.1, 0.15) is 0 Å². The molecular formula is C17H23N3. The highest BCUT2D eigenvalue weighted by Gasteiger charge is 2.31. The van der Waals surface area contributed by atoms with E-state index in [0.717, 1.165) is 25.0 Å². The molecule has 2 aromatic rings. The molecule has 3 rings (SSSR count). The molecule has 106 valence electrons. The monoisotopic (exact) mass is 269 g/mol. The van der Waals surface area contributed by atoms with E-state index >= 15 is 0 Å². The maximum Gasteiger partial charge on any atom is 0.0703 e. The molecule has 20 heavy (non-hydrogen) atoms. The molecule has 1 aromatic heterocycles. The summed E-state index contributed by atoms with van der Waals surface area (Å²) in [5, 5.41) is 4.86. The predicted octanol–water partition coefficient (Wildman–Crippen LogP) is 3.20. The third-order valence-electron chi connectivity index (χ3n) is 4.21.